The van der Waals surface area contributed by atoms with Gasteiger partial charge in [0.25, 0.3) is 5.91 Å². The van der Waals surface area contributed by atoms with Crippen molar-refractivity contribution in [3.8, 4) is 11.5 Å². The van der Waals surface area contributed by atoms with Gasteiger partial charge in [-0.3, -0.25) is 4.79 Å². The zero-order valence-electron chi connectivity index (χ0n) is 13.9. The van der Waals surface area contributed by atoms with E-state index in [0.717, 1.165) is 0 Å². The first-order valence-corrected chi connectivity index (χ1v) is 6.93. The van der Waals surface area contributed by atoms with Crippen LogP contribution < -0.4 is 14.8 Å². The Morgan fingerprint density at radius 2 is 1.77 bits per heavy atom. The zero-order valence-corrected chi connectivity index (χ0v) is 13.9. The van der Waals surface area contributed by atoms with Crippen molar-refractivity contribution < 1.29 is 23.8 Å². The molecule has 0 saturated carbocycles. The van der Waals surface area contributed by atoms with Crippen LogP contribution in [0, 0.1) is 0 Å². The second-order valence-corrected chi connectivity index (χ2v) is 5.85. The maximum absolute atomic E-state index is 12.2. The fourth-order valence-electron chi connectivity index (χ4n) is 1.72. The Morgan fingerprint density at radius 1 is 1.14 bits per heavy atom. The summed E-state index contributed by atoms with van der Waals surface area (Å²) in [4.78, 5) is 24.2. The average molecular weight is 309 g/mol. The van der Waals surface area contributed by atoms with E-state index in [9.17, 15) is 9.59 Å². The fourth-order valence-corrected chi connectivity index (χ4v) is 1.72. The Hall–Kier alpha value is -2.24. The van der Waals surface area contributed by atoms with Gasteiger partial charge in [0.05, 0.1) is 14.2 Å². The van der Waals surface area contributed by atoms with Crippen LogP contribution in [-0.4, -0.2) is 37.7 Å². The second kappa shape index (κ2) is 7.15. The number of esters is 1. The lowest BCUT2D eigenvalue weighted by Gasteiger charge is -2.23. The highest BCUT2D eigenvalue weighted by Crippen LogP contribution is 2.25. The van der Waals surface area contributed by atoms with Crippen LogP contribution in [0.2, 0.25) is 0 Å². The molecule has 0 aromatic heterocycles. The first-order chi connectivity index (χ1) is 10.2. The van der Waals surface area contributed by atoms with E-state index >= 15 is 0 Å². The van der Waals surface area contributed by atoms with E-state index in [-0.39, 0.29) is 11.5 Å². The predicted molar refractivity (Wildman–Crippen MR) is 82.3 cm³/mol. The molecule has 1 rings (SSSR count). The number of amides is 1. The minimum atomic E-state index is -0.914. The fraction of sp³-hybridized carbons (Fsp3) is 0.500. The lowest BCUT2D eigenvalue weighted by molar-refractivity contribution is -0.130. The van der Waals surface area contributed by atoms with Crippen LogP contribution in [0.1, 0.15) is 38.1 Å². The summed E-state index contributed by atoms with van der Waals surface area (Å²) in [6, 6.07) is 4.79. The Kier molecular flexibility index (Phi) is 5.79. The summed E-state index contributed by atoms with van der Waals surface area (Å²) in [5.74, 6) is -0.149. The van der Waals surface area contributed by atoms with Crippen molar-refractivity contribution in [2.45, 2.75) is 39.3 Å². The van der Waals surface area contributed by atoms with Gasteiger partial charge >= 0.3 is 5.97 Å². The average Bonchev–Trinajstić information content (AvgIpc) is 2.44. The molecule has 0 spiro atoms. The molecule has 0 heterocycles. The van der Waals surface area contributed by atoms with Crippen LogP contribution in [0.4, 0.5) is 0 Å². The molecular formula is C16H23NO5. The summed E-state index contributed by atoms with van der Waals surface area (Å²) in [6.45, 7) is 7.07. The van der Waals surface area contributed by atoms with E-state index in [0.29, 0.717) is 11.5 Å². The minimum Gasteiger partial charge on any atom is -0.497 e. The van der Waals surface area contributed by atoms with Gasteiger partial charge in [-0.2, -0.15) is 0 Å². The van der Waals surface area contributed by atoms with E-state index < -0.39 is 17.6 Å². The topological polar surface area (TPSA) is 73.9 Å². The zero-order chi connectivity index (χ0) is 16.9. The van der Waals surface area contributed by atoms with Gasteiger partial charge in [0.15, 0.2) is 6.10 Å². The molecule has 22 heavy (non-hydrogen) atoms. The van der Waals surface area contributed by atoms with Crippen molar-refractivity contribution in [1.29, 1.82) is 0 Å². The molecule has 0 radical (unpaired) electrons. The summed E-state index contributed by atoms with van der Waals surface area (Å²) in [7, 11) is 2.95. The summed E-state index contributed by atoms with van der Waals surface area (Å²) in [6.07, 6.45) is -0.914. The first kappa shape index (κ1) is 17.8. The number of nitrogens with one attached hydrogen (secondary N) is 1. The molecule has 6 heteroatoms. The van der Waals surface area contributed by atoms with Gasteiger partial charge in [-0.15, -0.1) is 0 Å². The number of carbonyl (C=O) groups is 2. The van der Waals surface area contributed by atoms with Crippen LogP contribution in [0.3, 0.4) is 0 Å². The normalized spacial score (nSPS) is 12.3. The van der Waals surface area contributed by atoms with E-state index in [1.54, 1.807) is 12.1 Å². The van der Waals surface area contributed by atoms with Gasteiger partial charge in [0.2, 0.25) is 0 Å². The third-order valence-corrected chi connectivity index (χ3v) is 2.78. The molecule has 0 aliphatic carbocycles. The third-order valence-electron chi connectivity index (χ3n) is 2.78. The molecule has 1 aromatic rings. The number of rotatable bonds is 5. The van der Waals surface area contributed by atoms with Gasteiger partial charge in [0, 0.05) is 5.54 Å². The van der Waals surface area contributed by atoms with Crippen molar-refractivity contribution in [1.82, 2.24) is 5.32 Å². The number of hydrogen-bond acceptors (Lipinski definition) is 5. The van der Waals surface area contributed by atoms with E-state index in [1.807, 2.05) is 20.8 Å². The SMILES string of the molecule is COc1ccc(OC)c(C(=O)OC(C)C(=O)NC(C)(C)C)c1. The number of hydrogen-bond donors (Lipinski definition) is 1. The van der Waals surface area contributed by atoms with E-state index in [4.69, 9.17) is 14.2 Å². The van der Waals surface area contributed by atoms with Crippen LogP contribution in [0.5, 0.6) is 11.5 Å². The summed E-state index contributed by atoms with van der Waals surface area (Å²) >= 11 is 0. The van der Waals surface area contributed by atoms with Gasteiger partial charge in [-0.1, -0.05) is 0 Å². The van der Waals surface area contributed by atoms with Gasteiger partial charge < -0.3 is 19.5 Å². The van der Waals surface area contributed by atoms with Gasteiger partial charge in [-0.05, 0) is 45.9 Å². The van der Waals surface area contributed by atoms with E-state index in [2.05, 4.69) is 5.32 Å². The number of benzene rings is 1. The van der Waals surface area contributed by atoms with Gasteiger partial charge in [0.1, 0.15) is 17.1 Å². The Balaban J connectivity index is 2.86. The molecule has 6 nitrogen and oxygen atoms in total. The number of methoxy groups -OCH3 is 2. The lowest BCUT2D eigenvalue weighted by Crippen LogP contribution is -2.46. The largest absolute Gasteiger partial charge is 0.497 e. The summed E-state index contributed by atoms with van der Waals surface area (Å²) in [5, 5.41) is 2.75. The maximum atomic E-state index is 12.2. The van der Waals surface area contributed by atoms with Crippen molar-refractivity contribution in [2.24, 2.45) is 0 Å². The highest BCUT2D eigenvalue weighted by atomic mass is 16.5. The quantitative estimate of drug-likeness (QED) is 0.844. The highest BCUT2D eigenvalue weighted by Gasteiger charge is 2.24. The van der Waals surface area contributed by atoms with Crippen LogP contribution in [-0.2, 0) is 9.53 Å². The first-order valence-electron chi connectivity index (χ1n) is 6.93. The van der Waals surface area contributed by atoms with E-state index in [1.165, 1.54) is 27.2 Å². The standard InChI is InChI=1S/C16H23NO5/c1-10(14(18)17-16(2,3)4)22-15(19)12-9-11(20-5)7-8-13(12)21-6/h7-10H,1-6H3,(H,17,18). The Morgan fingerprint density at radius 3 is 2.27 bits per heavy atom. The molecule has 0 fully saturated rings. The van der Waals surface area contributed by atoms with Crippen molar-refractivity contribution >= 4 is 11.9 Å². The summed E-state index contributed by atoms with van der Waals surface area (Å²) < 4.78 is 15.4. The van der Waals surface area contributed by atoms with Crippen molar-refractivity contribution in [2.75, 3.05) is 14.2 Å². The minimum absolute atomic E-state index is 0.206. The smallest absolute Gasteiger partial charge is 0.342 e. The second-order valence-electron chi connectivity index (χ2n) is 5.85. The maximum Gasteiger partial charge on any atom is 0.342 e. The van der Waals surface area contributed by atoms with Crippen LogP contribution >= 0.6 is 0 Å². The number of ether oxygens (including phenoxy) is 3. The monoisotopic (exact) mass is 309 g/mol. The molecule has 0 bridgehead atoms. The molecule has 1 unspecified atom stereocenters. The number of carbonyl (C=O) groups excluding carboxylic acids is 2. The third kappa shape index (κ3) is 4.95. The van der Waals surface area contributed by atoms with Crippen molar-refractivity contribution in [3.63, 3.8) is 0 Å². The molecule has 0 saturated heterocycles. The summed E-state index contributed by atoms with van der Waals surface area (Å²) in [5.41, 5.74) is -0.192. The molecule has 122 valence electrons. The molecule has 1 atom stereocenters. The predicted octanol–water partition coefficient (Wildman–Crippen LogP) is 2.16. The van der Waals surface area contributed by atoms with Crippen molar-refractivity contribution in [3.05, 3.63) is 23.8 Å². The Labute approximate surface area is 130 Å². The molecule has 0 aliphatic rings. The lowest BCUT2D eigenvalue weighted by atomic mass is 10.1. The Bertz CT molecular complexity index is 548. The molecule has 1 amide bonds. The molecule has 1 N–H and O–H groups in total. The molecule has 1 aromatic carbocycles. The highest BCUT2D eigenvalue weighted by molar-refractivity contribution is 5.95. The van der Waals surface area contributed by atoms with Crippen LogP contribution in [0.25, 0.3) is 0 Å². The molecule has 0 aliphatic heterocycles. The van der Waals surface area contributed by atoms with Gasteiger partial charge in [-0.25, -0.2) is 4.79 Å². The van der Waals surface area contributed by atoms with Crippen LogP contribution in [0.15, 0.2) is 18.2 Å². The molecular weight excluding hydrogens is 286 g/mol.